The molecule has 76 valence electrons. The smallest absolute Gasteiger partial charge is 0.225 e. The van der Waals surface area contributed by atoms with Gasteiger partial charge in [-0.15, -0.1) is 0 Å². The molecule has 1 aliphatic rings. The van der Waals surface area contributed by atoms with E-state index >= 15 is 0 Å². The summed E-state index contributed by atoms with van der Waals surface area (Å²) < 4.78 is 0. The van der Waals surface area contributed by atoms with E-state index in [1.807, 2.05) is 4.90 Å². The average molecular weight is 193 g/mol. The Bertz CT molecular complexity index is 295. The molecule has 4 heteroatoms. The van der Waals surface area contributed by atoms with Gasteiger partial charge in [0, 0.05) is 12.4 Å². The molecule has 2 heterocycles. The molecular weight excluding hydrogens is 178 g/mol. The molecule has 1 saturated heterocycles. The number of hydrogen-bond acceptors (Lipinski definition) is 4. The molecule has 1 aromatic rings. The third-order valence-electron chi connectivity index (χ3n) is 2.52. The Morgan fingerprint density at radius 2 is 2.07 bits per heavy atom. The van der Waals surface area contributed by atoms with E-state index < -0.39 is 5.60 Å². The van der Waals surface area contributed by atoms with Crippen molar-refractivity contribution >= 4 is 5.95 Å². The summed E-state index contributed by atoms with van der Waals surface area (Å²) in [5, 5.41) is 9.94. The van der Waals surface area contributed by atoms with E-state index in [-0.39, 0.29) is 0 Å². The molecule has 1 aromatic heterocycles. The molecule has 0 spiro atoms. The van der Waals surface area contributed by atoms with E-state index in [4.69, 9.17) is 0 Å². The average Bonchev–Trinajstić information content (AvgIpc) is 2.16. The Kier molecular flexibility index (Phi) is 2.37. The number of aromatic nitrogens is 2. The van der Waals surface area contributed by atoms with E-state index in [9.17, 15) is 5.11 Å². The van der Waals surface area contributed by atoms with Gasteiger partial charge in [-0.2, -0.15) is 0 Å². The Hall–Kier alpha value is -1.16. The van der Waals surface area contributed by atoms with Gasteiger partial charge in [-0.3, -0.25) is 0 Å². The number of hydrogen-bond donors (Lipinski definition) is 1. The Labute approximate surface area is 83.6 Å². The molecule has 0 aromatic carbocycles. The molecule has 0 bridgehead atoms. The molecule has 0 unspecified atom stereocenters. The van der Waals surface area contributed by atoms with Crippen molar-refractivity contribution in [3.8, 4) is 0 Å². The molecule has 2 rings (SSSR count). The number of rotatable bonds is 3. The SMILES string of the molecule is CCCC1(O)CN(c2ncccn2)C1. The van der Waals surface area contributed by atoms with Crippen LogP contribution in [0.3, 0.4) is 0 Å². The van der Waals surface area contributed by atoms with Crippen molar-refractivity contribution < 1.29 is 5.11 Å². The highest BCUT2D eigenvalue weighted by Gasteiger charge is 2.41. The number of anilines is 1. The van der Waals surface area contributed by atoms with Gasteiger partial charge in [-0.25, -0.2) is 9.97 Å². The van der Waals surface area contributed by atoms with Gasteiger partial charge in [0.15, 0.2) is 0 Å². The van der Waals surface area contributed by atoms with Crippen LogP contribution in [0.15, 0.2) is 18.5 Å². The first-order chi connectivity index (χ1) is 6.73. The van der Waals surface area contributed by atoms with Crippen molar-refractivity contribution in [2.24, 2.45) is 0 Å². The summed E-state index contributed by atoms with van der Waals surface area (Å²) >= 11 is 0. The van der Waals surface area contributed by atoms with Crippen LogP contribution in [0.2, 0.25) is 0 Å². The van der Waals surface area contributed by atoms with Gasteiger partial charge in [0.05, 0.1) is 18.7 Å². The van der Waals surface area contributed by atoms with Crippen LogP contribution < -0.4 is 4.90 Å². The van der Waals surface area contributed by atoms with E-state index in [1.54, 1.807) is 18.5 Å². The zero-order valence-electron chi connectivity index (χ0n) is 8.35. The topological polar surface area (TPSA) is 49.2 Å². The molecule has 14 heavy (non-hydrogen) atoms. The lowest BCUT2D eigenvalue weighted by Gasteiger charge is -2.46. The molecule has 0 aliphatic carbocycles. The zero-order chi connectivity index (χ0) is 10.0. The molecule has 1 N–H and O–H groups in total. The third kappa shape index (κ3) is 1.70. The highest BCUT2D eigenvalue weighted by molar-refractivity contribution is 5.36. The minimum atomic E-state index is -0.506. The van der Waals surface area contributed by atoms with Gasteiger partial charge < -0.3 is 10.0 Å². The number of β-amino-alcohol motifs (C(OH)–C–C–N with tert-alkyl or cyclic N) is 1. The highest BCUT2D eigenvalue weighted by Crippen LogP contribution is 2.28. The molecule has 0 saturated carbocycles. The molecule has 1 aliphatic heterocycles. The summed E-state index contributed by atoms with van der Waals surface area (Å²) in [5.74, 6) is 0.716. The normalized spacial score (nSPS) is 19.1. The van der Waals surface area contributed by atoms with Crippen molar-refractivity contribution in [2.75, 3.05) is 18.0 Å². The summed E-state index contributed by atoms with van der Waals surface area (Å²) in [6.45, 7) is 3.40. The van der Waals surface area contributed by atoms with Crippen molar-refractivity contribution in [3.63, 3.8) is 0 Å². The summed E-state index contributed by atoms with van der Waals surface area (Å²) in [6.07, 6.45) is 5.31. The molecule has 1 fully saturated rings. The molecule has 4 nitrogen and oxygen atoms in total. The van der Waals surface area contributed by atoms with Crippen LogP contribution in [0.1, 0.15) is 19.8 Å². The molecular formula is C10H15N3O. The maximum absolute atomic E-state index is 9.94. The van der Waals surface area contributed by atoms with E-state index in [0.29, 0.717) is 19.0 Å². The van der Waals surface area contributed by atoms with Gasteiger partial charge >= 0.3 is 0 Å². The van der Waals surface area contributed by atoms with E-state index in [2.05, 4.69) is 16.9 Å². The fourth-order valence-electron chi connectivity index (χ4n) is 1.88. The maximum Gasteiger partial charge on any atom is 0.225 e. The van der Waals surface area contributed by atoms with Crippen molar-refractivity contribution in [2.45, 2.75) is 25.4 Å². The van der Waals surface area contributed by atoms with Gasteiger partial charge in [0.1, 0.15) is 0 Å². The summed E-state index contributed by atoms with van der Waals surface area (Å²) in [5.41, 5.74) is -0.506. The van der Waals surface area contributed by atoms with Gasteiger partial charge in [-0.1, -0.05) is 13.3 Å². The van der Waals surface area contributed by atoms with Crippen molar-refractivity contribution in [1.82, 2.24) is 9.97 Å². The second-order valence-corrected chi connectivity index (χ2v) is 3.88. The van der Waals surface area contributed by atoms with Crippen LogP contribution in [-0.2, 0) is 0 Å². The number of aliphatic hydroxyl groups is 1. The summed E-state index contributed by atoms with van der Waals surface area (Å²) in [7, 11) is 0. The first-order valence-corrected chi connectivity index (χ1v) is 4.98. The Balaban J connectivity index is 1.95. The van der Waals surface area contributed by atoms with Crippen molar-refractivity contribution in [1.29, 1.82) is 0 Å². The summed E-state index contributed by atoms with van der Waals surface area (Å²) in [4.78, 5) is 10.3. The monoisotopic (exact) mass is 193 g/mol. The number of nitrogens with zero attached hydrogens (tertiary/aromatic N) is 3. The van der Waals surface area contributed by atoms with Crippen LogP contribution >= 0.6 is 0 Å². The largest absolute Gasteiger partial charge is 0.386 e. The van der Waals surface area contributed by atoms with Crippen molar-refractivity contribution in [3.05, 3.63) is 18.5 Å². The molecule has 0 atom stereocenters. The highest BCUT2D eigenvalue weighted by atomic mass is 16.3. The fraction of sp³-hybridized carbons (Fsp3) is 0.600. The van der Waals surface area contributed by atoms with E-state index in [0.717, 1.165) is 12.8 Å². The maximum atomic E-state index is 9.94. The van der Waals surface area contributed by atoms with Crippen LogP contribution in [-0.4, -0.2) is 33.8 Å². The zero-order valence-corrected chi connectivity index (χ0v) is 8.35. The predicted molar refractivity (Wildman–Crippen MR) is 54.1 cm³/mol. The minimum absolute atomic E-state index is 0.506. The first-order valence-electron chi connectivity index (χ1n) is 4.98. The lowest BCUT2D eigenvalue weighted by molar-refractivity contribution is 0.00245. The van der Waals surface area contributed by atoms with Gasteiger partial charge in [0.2, 0.25) is 5.95 Å². The summed E-state index contributed by atoms with van der Waals surface area (Å²) in [6, 6.07) is 1.79. The standard InChI is InChI=1S/C10H15N3O/c1-2-4-10(14)7-13(8-10)9-11-5-3-6-12-9/h3,5-6,14H,2,4,7-8H2,1H3. The molecule has 0 radical (unpaired) electrons. The Morgan fingerprint density at radius 3 is 2.64 bits per heavy atom. The minimum Gasteiger partial charge on any atom is -0.386 e. The van der Waals surface area contributed by atoms with Crippen LogP contribution in [0.5, 0.6) is 0 Å². The quantitative estimate of drug-likeness (QED) is 0.772. The molecule has 0 amide bonds. The van der Waals surface area contributed by atoms with Gasteiger partial charge in [-0.05, 0) is 12.5 Å². The first kappa shape index (κ1) is 9.40. The van der Waals surface area contributed by atoms with Crippen LogP contribution in [0.4, 0.5) is 5.95 Å². The third-order valence-corrected chi connectivity index (χ3v) is 2.52. The van der Waals surface area contributed by atoms with Crippen LogP contribution in [0, 0.1) is 0 Å². The fourth-order valence-corrected chi connectivity index (χ4v) is 1.88. The second kappa shape index (κ2) is 3.53. The lowest BCUT2D eigenvalue weighted by atomic mass is 9.90. The second-order valence-electron chi connectivity index (χ2n) is 3.88. The van der Waals surface area contributed by atoms with Gasteiger partial charge in [0.25, 0.3) is 0 Å². The Morgan fingerprint density at radius 1 is 1.43 bits per heavy atom. The lowest BCUT2D eigenvalue weighted by Crippen LogP contribution is -2.62. The van der Waals surface area contributed by atoms with E-state index in [1.165, 1.54) is 0 Å². The predicted octanol–water partition coefficient (Wildman–Crippen LogP) is 0.828. The van der Waals surface area contributed by atoms with Crippen LogP contribution in [0.25, 0.3) is 0 Å².